The number of rotatable bonds is 3. The Labute approximate surface area is 122 Å². The van der Waals surface area contributed by atoms with Crippen LogP contribution in [0.4, 0.5) is 13.2 Å². The van der Waals surface area contributed by atoms with Gasteiger partial charge in [0.25, 0.3) is 0 Å². The second kappa shape index (κ2) is 6.33. The van der Waals surface area contributed by atoms with Crippen LogP contribution in [-0.4, -0.2) is 18.8 Å². The molecule has 1 aromatic carbocycles. The quantitative estimate of drug-likeness (QED) is 0.607. The number of hydrogen-bond acceptors (Lipinski definition) is 2. The summed E-state index contributed by atoms with van der Waals surface area (Å²) in [7, 11) is 0. The summed E-state index contributed by atoms with van der Waals surface area (Å²) in [4.78, 5) is 11.3. The molecule has 0 N–H and O–H groups in total. The molecule has 2 nitrogen and oxygen atoms in total. The van der Waals surface area contributed by atoms with Gasteiger partial charge in [0, 0.05) is 6.08 Å². The van der Waals surface area contributed by atoms with E-state index in [1.807, 2.05) is 20.8 Å². The summed E-state index contributed by atoms with van der Waals surface area (Å²) in [5.41, 5.74) is -0.282. The number of hydrogen-bond donors (Lipinski definition) is 0. The van der Waals surface area contributed by atoms with Crippen molar-refractivity contribution in [2.45, 2.75) is 39.3 Å². The Kier molecular flexibility index (Phi) is 5.20. The fourth-order valence-electron chi connectivity index (χ4n) is 1.78. The van der Waals surface area contributed by atoms with Gasteiger partial charge in [0.2, 0.25) is 0 Å². The summed E-state index contributed by atoms with van der Waals surface area (Å²) < 4.78 is 43.7. The van der Waals surface area contributed by atoms with Gasteiger partial charge in [-0.2, -0.15) is 13.2 Å². The van der Waals surface area contributed by atoms with E-state index in [1.165, 1.54) is 19.1 Å². The van der Waals surface area contributed by atoms with Crippen molar-refractivity contribution in [1.29, 1.82) is 0 Å². The Bertz CT molecular complexity index is 520. The molecule has 0 fully saturated rings. The Hall–Kier alpha value is -1.78. The van der Waals surface area contributed by atoms with Crippen LogP contribution in [0.3, 0.4) is 0 Å². The monoisotopic (exact) mass is 300 g/mol. The molecule has 0 heterocycles. The van der Waals surface area contributed by atoms with Crippen molar-refractivity contribution >= 4 is 11.5 Å². The molecule has 0 aliphatic heterocycles. The van der Waals surface area contributed by atoms with Crippen LogP contribution in [-0.2, 0) is 14.9 Å². The van der Waals surface area contributed by atoms with Gasteiger partial charge in [0.05, 0.1) is 12.2 Å². The maximum atomic E-state index is 13.1. The van der Waals surface area contributed by atoms with Crippen molar-refractivity contribution in [2.75, 3.05) is 6.61 Å². The lowest BCUT2D eigenvalue weighted by molar-refractivity contribution is -0.137. The van der Waals surface area contributed by atoms with E-state index in [-0.39, 0.29) is 17.6 Å². The second-order valence-electron chi connectivity index (χ2n) is 5.64. The average Bonchev–Trinajstić information content (AvgIpc) is 2.34. The van der Waals surface area contributed by atoms with Crippen LogP contribution in [0.5, 0.6) is 0 Å². The van der Waals surface area contributed by atoms with Crippen LogP contribution < -0.4 is 0 Å². The predicted molar refractivity (Wildman–Crippen MR) is 75.8 cm³/mol. The lowest BCUT2D eigenvalue weighted by atomic mass is 9.86. The maximum absolute atomic E-state index is 13.1. The van der Waals surface area contributed by atoms with Gasteiger partial charge in [-0.05, 0) is 23.5 Å². The molecule has 0 saturated heterocycles. The van der Waals surface area contributed by atoms with Gasteiger partial charge in [0.1, 0.15) is 0 Å². The van der Waals surface area contributed by atoms with Crippen LogP contribution in [0.1, 0.15) is 38.8 Å². The van der Waals surface area contributed by atoms with Crippen LogP contribution in [0.25, 0.3) is 5.57 Å². The van der Waals surface area contributed by atoms with E-state index in [1.54, 1.807) is 12.1 Å². The number of ether oxygens (including phenoxy) is 1. The maximum Gasteiger partial charge on any atom is 0.417 e. The molecular formula is C16H19F3O2. The first-order valence-electron chi connectivity index (χ1n) is 6.62. The smallest absolute Gasteiger partial charge is 0.417 e. The van der Waals surface area contributed by atoms with Crippen molar-refractivity contribution in [1.82, 2.24) is 0 Å². The molecule has 1 rings (SSSR count). The number of benzene rings is 1. The van der Waals surface area contributed by atoms with Gasteiger partial charge in [-0.1, -0.05) is 45.0 Å². The van der Waals surface area contributed by atoms with Crippen molar-refractivity contribution in [2.24, 2.45) is 0 Å². The molecule has 0 bridgehead atoms. The minimum atomic E-state index is -4.62. The molecule has 0 spiro atoms. The lowest BCUT2D eigenvalue weighted by Crippen LogP contribution is -2.15. The predicted octanol–water partition coefficient (Wildman–Crippen LogP) is 4.49. The van der Waals surface area contributed by atoms with Gasteiger partial charge in [-0.25, -0.2) is 4.79 Å². The number of esters is 1. The first-order chi connectivity index (χ1) is 9.55. The molecule has 0 aliphatic rings. The summed E-state index contributed by atoms with van der Waals surface area (Å²) in [5.74, 6) is -0.996. The highest BCUT2D eigenvalue weighted by molar-refractivity contribution is 5.92. The zero-order chi connectivity index (χ0) is 16.3. The molecule has 0 atom stereocenters. The van der Waals surface area contributed by atoms with Gasteiger partial charge in [-0.3, -0.25) is 0 Å². The third-order valence-corrected chi connectivity index (χ3v) is 2.92. The van der Waals surface area contributed by atoms with Crippen molar-refractivity contribution < 1.29 is 22.7 Å². The zero-order valence-corrected chi connectivity index (χ0v) is 12.5. The molecular weight excluding hydrogens is 281 g/mol. The molecule has 0 aliphatic carbocycles. The van der Waals surface area contributed by atoms with Gasteiger partial charge < -0.3 is 4.74 Å². The van der Waals surface area contributed by atoms with E-state index in [2.05, 4.69) is 4.74 Å². The van der Waals surface area contributed by atoms with Gasteiger partial charge in [0.15, 0.2) is 0 Å². The molecule has 5 heteroatoms. The van der Waals surface area contributed by atoms with E-state index >= 15 is 0 Å². The van der Waals surface area contributed by atoms with E-state index in [4.69, 9.17) is 0 Å². The first-order valence-corrected chi connectivity index (χ1v) is 6.62. The highest BCUT2D eigenvalue weighted by Gasteiger charge is 2.35. The van der Waals surface area contributed by atoms with Crippen LogP contribution in [0.2, 0.25) is 0 Å². The highest BCUT2D eigenvalue weighted by Crippen LogP contribution is 2.34. The van der Waals surface area contributed by atoms with Crippen LogP contribution in [0.15, 0.2) is 30.3 Å². The Balaban J connectivity index is 3.20. The van der Waals surface area contributed by atoms with E-state index < -0.39 is 17.7 Å². The lowest BCUT2D eigenvalue weighted by Gasteiger charge is -2.20. The third kappa shape index (κ3) is 4.92. The molecule has 0 aromatic heterocycles. The summed E-state index contributed by atoms with van der Waals surface area (Å²) in [5, 5.41) is 0. The van der Waals surface area contributed by atoms with Crippen molar-refractivity contribution in [3.05, 3.63) is 41.5 Å². The minimum absolute atomic E-state index is 0.0312. The summed E-state index contributed by atoms with van der Waals surface area (Å²) in [6.45, 7) is 7.49. The molecule has 1 aromatic rings. The van der Waals surface area contributed by atoms with E-state index in [0.29, 0.717) is 6.08 Å². The largest absolute Gasteiger partial charge is 0.463 e. The number of alkyl halides is 3. The zero-order valence-electron chi connectivity index (χ0n) is 12.5. The standard InChI is InChI=1S/C16H19F3O2/c1-5-21-14(20)10-13(16(17,18)19)11-6-8-12(9-7-11)15(2,3)4/h6-10H,5H2,1-4H3/b13-10+. The fourth-order valence-corrected chi connectivity index (χ4v) is 1.78. The molecule has 0 saturated carbocycles. The number of carbonyl (C=O) groups is 1. The van der Waals surface area contributed by atoms with E-state index in [9.17, 15) is 18.0 Å². The topological polar surface area (TPSA) is 26.3 Å². The number of carbonyl (C=O) groups excluding carboxylic acids is 1. The van der Waals surface area contributed by atoms with Crippen molar-refractivity contribution in [3.63, 3.8) is 0 Å². The summed E-state index contributed by atoms with van der Waals surface area (Å²) in [6.07, 6.45) is -4.12. The fraction of sp³-hybridized carbons (Fsp3) is 0.438. The SMILES string of the molecule is CCOC(=O)/C=C(\c1ccc(C(C)(C)C)cc1)C(F)(F)F. The van der Waals surface area contributed by atoms with Crippen molar-refractivity contribution in [3.8, 4) is 0 Å². The molecule has 116 valence electrons. The number of allylic oxidation sites excluding steroid dienone is 1. The Morgan fingerprint density at radius 1 is 1.14 bits per heavy atom. The second-order valence-corrected chi connectivity index (χ2v) is 5.64. The van der Waals surface area contributed by atoms with Gasteiger partial charge in [-0.15, -0.1) is 0 Å². The summed E-state index contributed by atoms with van der Waals surface area (Å²) in [6, 6.07) is 6.03. The molecule has 0 unspecified atom stereocenters. The number of halogens is 3. The average molecular weight is 300 g/mol. The third-order valence-electron chi connectivity index (χ3n) is 2.92. The first kappa shape index (κ1) is 17.3. The Morgan fingerprint density at radius 2 is 1.67 bits per heavy atom. The van der Waals surface area contributed by atoms with Crippen LogP contribution in [0, 0.1) is 0 Å². The van der Waals surface area contributed by atoms with Gasteiger partial charge >= 0.3 is 12.1 Å². The normalized spacial score (nSPS) is 13.2. The molecule has 21 heavy (non-hydrogen) atoms. The Morgan fingerprint density at radius 3 is 2.05 bits per heavy atom. The molecule has 0 amide bonds. The molecule has 0 radical (unpaired) electrons. The summed E-state index contributed by atoms with van der Waals surface area (Å²) >= 11 is 0. The highest BCUT2D eigenvalue weighted by atomic mass is 19.4. The van der Waals surface area contributed by atoms with Crippen LogP contribution >= 0.6 is 0 Å². The minimum Gasteiger partial charge on any atom is -0.463 e. The van der Waals surface area contributed by atoms with E-state index in [0.717, 1.165) is 5.56 Å².